The maximum Gasteiger partial charge on any atom is 0.0722 e. The van der Waals surface area contributed by atoms with Gasteiger partial charge in [0.05, 0.1) is 11.7 Å². The van der Waals surface area contributed by atoms with Crippen LogP contribution in [0.1, 0.15) is 18.7 Å². The maximum atomic E-state index is 5.18. The van der Waals surface area contributed by atoms with Gasteiger partial charge in [0, 0.05) is 5.38 Å². The van der Waals surface area contributed by atoms with Crippen LogP contribution in [0.3, 0.4) is 0 Å². The number of rotatable bonds is 2. The first-order chi connectivity index (χ1) is 4.34. The molecule has 0 radical (unpaired) electrons. The summed E-state index contributed by atoms with van der Waals surface area (Å²) in [6.07, 6.45) is 0. The van der Waals surface area contributed by atoms with E-state index in [0.29, 0.717) is 0 Å². The quantitative estimate of drug-likeness (QED) is 0.472. The van der Waals surface area contributed by atoms with E-state index in [9.17, 15) is 0 Å². The Morgan fingerprint density at radius 3 is 3.11 bits per heavy atom. The van der Waals surface area contributed by atoms with Gasteiger partial charge in [-0.25, -0.2) is 0 Å². The Hall–Kier alpha value is -0.450. The number of nitrogens with zero attached hydrogens (tertiary/aromatic N) is 1. The molecule has 0 saturated heterocycles. The highest BCUT2D eigenvalue weighted by Gasteiger charge is 2.02. The van der Waals surface area contributed by atoms with Crippen molar-refractivity contribution in [1.29, 1.82) is 0 Å². The van der Waals surface area contributed by atoms with Crippen molar-refractivity contribution in [2.75, 3.05) is 0 Å². The SMILES string of the molecule is CC(NN)c1ccsn1. The number of nitrogens with two attached hydrogens (primary N) is 1. The second-order valence-electron chi connectivity index (χ2n) is 1.81. The molecule has 1 heterocycles. The van der Waals surface area contributed by atoms with E-state index in [2.05, 4.69) is 9.80 Å². The Morgan fingerprint density at radius 1 is 1.89 bits per heavy atom. The first kappa shape index (κ1) is 6.67. The number of aromatic nitrogens is 1. The van der Waals surface area contributed by atoms with Crippen LogP contribution in [0.4, 0.5) is 0 Å². The molecule has 1 atom stereocenters. The second-order valence-corrected chi connectivity index (χ2v) is 2.48. The highest BCUT2D eigenvalue weighted by Crippen LogP contribution is 2.08. The Morgan fingerprint density at radius 2 is 2.67 bits per heavy atom. The first-order valence-electron chi connectivity index (χ1n) is 2.71. The molecule has 0 bridgehead atoms. The van der Waals surface area contributed by atoms with Gasteiger partial charge in [0.1, 0.15) is 0 Å². The predicted molar refractivity (Wildman–Crippen MR) is 37.9 cm³/mol. The summed E-state index contributed by atoms with van der Waals surface area (Å²) in [4.78, 5) is 0. The average Bonchev–Trinajstić information content (AvgIpc) is 2.37. The molecule has 0 amide bonds. The molecule has 0 aliphatic carbocycles. The molecule has 0 saturated carbocycles. The third kappa shape index (κ3) is 1.48. The van der Waals surface area contributed by atoms with Gasteiger partial charge < -0.3 is 0 Å². The molecule has 3 N–H and O–H groups in total. The van der Waals surface area contributed by atoms with E-state index in [1.54, 1.807) is 0 Å². The van der Waals surface area contributed by atoms with Crippen molar-refractivity contribution in [1.82, 2.24) is 9.80 Å². The van der Waals surface area contributed by atoms with E-state index in [1.807, 2.05) is 18.4 Å². The molecule has 50 valence electrons. The molecule has 0 aromatic carbocycles. The van der Waals surface area contributed by atoms with Crippen molar-refractivity contribution < 1.29 is 0 Å². The fourth-order valence-electron chi connectivity index (χ4n) is 0.531. The van der Waals surface area contributed by atoms with Gasteiger partial charge in [0.15, 0.2) is 0 Å². The molecule has 0 aliphatic rings. The molecule has 0 fully saturated rings. The fourth-order valence-corrected chi connectivity index (χ4v) is 1.13. The van der Waals surface area contributed by atoms with E-state index in [4.69, 9.17) is 5.84 Å². The lowest BCUT2D eigenvalue weighted by molar-refractivity contribution is 0.592. The summed E-state index contributed by atoms with van der Waals surface area (Å²) in [6.45, 7) is 1.97. The lowest BCUT2D eigenvalue weighted by Crippen LogP contribution is -2.25. The van der Waals surface area contributed by atoms with E-state index in [0.717, 1.165) is 5.69 Å². The Labute approximate surface area is 58.0 Å². The third-order valence-corrected chi connectivity index (χ3v) is 1.73. The van der Waals surface area contributed by atoms with Gasteiger partial charge in [-0.05, 0) is 24.5 Å². The van der Waals surface area contributed by atoms with Gasteiger partial charge in [-0.1, -0.05) is 0 Å². The summed E-state index contributed by atoms with van der Waals surface area (Å²) in [7, 11) is 0. The fraction of sp³-hybridized carbons (Fsp3) is 0.400. The van der Waals surface area contributed by atoms with Crippen LogP contribution in [0.25, 0.3) is 0 Å². The minimum absolute atomic E-state index is 0.163. The summed E-state index contributed by atoms with van der Waals surface area (Å²) >= 11 is 1.44. The van der Waals surface area contributed by atoms with Crippen LogP contribution < -0.4 is 11.3 Å². The standard InChI is InChI=1S/C5H9N3S/c1-4(7-6)5-2-3-9-8-5/h2-4,7H,6H2,1H3. The van der Waals surface area contributed by atoms with E-state index in [-0.39, 0.29) is 6.04 Å². The topological polar surface area (TPSA) is 50.9 Å². The zero-order valence-corrected chi connectivity index (χ0v) is 5.98. The average molecular weight is 143 g/mol. The van der Waals surface area contributed by atoms with Crippen molar-refractivity contribution >= 4 is 11.5 Å². The molecular weight excluding hydrogens is 134 g/mol. The van der Waals surface area contributed by atoms with Crippen LogP contribution in [-0.4, -0.2) is 4.37 Å². The minimum atomic E-state index is 0.163. The zero-order chi connectivity index (χ0) is 6.69. The van der Waals surface area contributed by atoms with E-state index in [1.165, 1.54) is 11.5 Å². The van der Waals surface area contributed by atoms with Crippen LogP contribution in [0.2, 0.25) is 0 Å². The van der Waals surface area contributed by atoms with Crippen molar-refractivity contribution in [3.63, 3.8) is 0 Å². The molecule has 9 heavy (non-hydrogen) atoms. The Bertz CT molecular complexity index is 161. The first-order valence-corrected chi connectivity index (χ1v) is 3.54. The smallest absolute Gasteiger partial charge is 0.0722 e. The van der Waals surface area contributed by atoms with E-state index < -0.39 is 0 Å². The monoisotopic (exact) mass is 143 g/mol. The number of hydrazine groups is 1. The largest absolute Gasteiger partial charge is 0.271 e. The summed E-state index contributed by atoms with van der Waals surface area (Å²) in [5.41, 5.74) is 3.61. The normalized spacial score (nSPS) is 13.6. The van der Waals surface area contributed by atoms with Crippen LogP contribution in [0, 0.1) is 0 Å². The summed E-state index contributed by atoms with van der Waals surface area (Å²) in [6, 6.07) is 2.12. The molecule has 1 aromatic rings. The van der Waals surface area contributed by atoms with Gasteiger partial charge in [-0.3, -0.25) is 11.3 Å². The lowest BCUT2D eigenvalue weighted by atomic mass is 10.3. The highest BCUT2D eigenvalue weighted by molar-refractivity contribution is 7.03. The Kier molecular flexibility index (Phi) is 2.16. The maximum absolute atomic E-state index is 5.18. The molecule has 3 nitrogen and oxygen atoms in total. The van der Waals surface area contributed by atoms with Gasteiger partial charge in [-0.15, -0.1) is 0 Å². The molecule has 0 spiro atoms. The molecule has 4 heteroatoms. The molecular formula is C5H9N3S. The van der Waals surface area contributed by atoms with Gasteiger partial charge in [-0.2, -0.15) is 4.37 Å². The molecule has 1 aromatic heterocycles. The van der Waals surface area contributed by atoms with Crippen molar-refractivity contribution in [2.24, 2.45) is 5.84 Å². The van der Waals surface area contributed by atoms with E-state index >= 15 is 0 Å². The third-order valence-electron chi connectivity index (χ3n) is 1.15. The molecule has 1 rings (SSSR count). The van der Waals surface area contributed by atoms with Gasteiger partial charge in [0.25, 0.3) is 0 Å². The second kappa shape index (κ2) is 2.91. The van der Waals surface area contributed by atoms with Gasteiger partial charge >= 0.3 is 0 Å². The highest BCUT2D eigenvalue weighted by atomic mass is 32.1. The van der Waals surface area contributed by atoms with Crippen LogP contribution in [0.5, 0.6) is 0 Å². The molecule has 1 unspecified atom stereocenters. The number of hydrogen-bond donors (Lipinski definition) is 2. The zero-order valence-electron chi connectivity index (χ0n) is 5.16. The number of hydrogen-bond acceptors (Lipinski definition) is 4. The van der Waals surface area contributed by atoms with Crippen molar-refractivity contribution in [3.05, 3.63) is 17.1 Å². The lowest BCUT2D eigenvalue weighted by Gasteiger charge is -2.03. The van der Waals surface area contributed by atoms with Crippen molar-refractivity contribution in [3.8, 4) is 0 Å². The van der Waals surface area contributed by atoms with Crippen LogP contribution in [0.15, 0.2) is 11.4 Å². The van der Waals surface area contributed by atoms with Crippen molar-refractivity contribution in [2.45, 2.75) is 13.0 Å². The van der Waals surface area contributed by atoms with Crippen LogP contribution in [-0.2, 0) is 0 Å². The summed E-state index contributed by atoms with van der Waals surface area (Å²) in [5, 5.41) is 1.93. The van der Waals surface area contributed by atoms with Crippen LogP contribution >= 0.6 is 11.5 Å². The summed E-state index contributed by atoms with van der Waals surface area (Å²) in [5.74, 6) is 5.18. The predicted octanol–water partition coefficient (Wildman–Crippen LogP) is 0.667. The minimum Gasteiger partial charge on any atom is -0.271 e. The molecule has 0 aliphatic heterocycles. The van der Waals surface area contributed by atoms with Gasteiger partial charge in [0.2, 0.25) is 0 Å². The Balaban J connectivity index is 2.65. The summed E-state index contributed by atoms with van der Waals surface area (Å²) < 4.78 is 4.09. The number of nitrogens with one attached hydrogen (secondary N) is 1.